The van der Waals surface area contributed by atoms with Crippen LogP contribution in [0.25, 0.3) is 0 Å². The number of aryl methyl sites for hydroxylation is 1. The molecule has 106 valence electrons. The van der Waals surface area contributed by atoms with Crippen molar-refractivity contribution < 1.29 is 9.13 Å². The normalized spacial score (nSPS) is 20.8. The van der Waals surface area contributed by atoms with E-state index in [1.165, 1.54) is 0 Å². The summed E-state index contributed by atoms with van der Waals surface area (Å²) in [7, 11) is 1.73. The van der Waals surface area contributed by atoms with Crippen LogP contribution in [0.4, 0.5) is 10.1 Å². The lowest BCUT2D eigenvalue weighted by Crippen LogP contribution is -2.52. The van der Waals surface area contributed by atoms with Crippen molar-refractivity contribution in [2.45, 2.75) is 19.9 Å². The molecule has 1 aliphatic rings. The van der Waals surface area contributed by atoms with Crippen molar-refractivity contribution >= 4 is 5.69 Å². The SMILES string of the molecule is COCCN1CCN(c2ccc(C)c(F)c2)CC1C. The topological polar surface area (TPSA) is 15.7 Å². The summed E-state index contributed by atoms with van der Waals surface area (Å²) < 4.78 is 18.7. The number of rotatable bonds is 4. The molecule has 1 aromatic rings. The fraction of sp³-hybridized carbons (Fsp3) is 0.600. The molecule has 1 fully saturated rings. The van der Waals surface area contributed by atoms with E-state index in [1.807, 2.05) is 12.1 Å². The number of hydrogen-bond acceptors (Lipinski definition) is 3. The molecule has 1 atom stereocenters. The van der Waals surface area contributed by atoms with Crippen molar-refractivity contribution in [1.29, 1.82) is 0 Å². The molecule has 0 aliphatic carbocycles. The van der Waals surface area contributed by atoms with Crippen LogP contribution in [0.15, 0.2) is 18.2 Å². The predicted octanol–water partition coefficient (Wildman–Crippen LogP) is 2.29. The fourth-order valence-electron chi connectivity index (χ4n) is 2.55. The van der Waals surface area contributed by atoms with Gasteiger partial charge in [-0.15, -0.1) is 0 Å². The Kier molecular flexibility index (Phi) is 4.77. The minimum absolute atomic E-state index is 0.119. The summed E-state index contributed by atoms with van der Waals surface area (Å²) in [6.07, 6.45) is 0. The van der Waals surface area contributed by atoms with Crippen LogP contribution in [0.2, 0.25) is 0 Å². The van der Waals surface area contributed by atoms with Gasteiger partial charge in [-0.25, -0.2) is 4.39 Å². The summed E-state index contributed by atoms with van der Waals surface area (Å²) in [5.74, 6) is -0.119. The Bertz CT molecular complexity index is 425. The highest BCUT2D eigenvalue weighted by Gasteiger charge is 2.23. The summed E-state index contributed by atoms with van der Waals surface area (Å²) in [6.45, 7) is 8.62. The predicted molar refractivity (Wildman–Crippen MR) is 76.3 cm³/mol. The Hall–Kier alpha value is -1.13. The minimum Gasteiger partial charge on any atom is -0.383 e. The van der Waals surface area contributed by atoms with Gasteiger partial charge in [-0.3, -0.25) is 4.90 Å². The Labute approximate surface area is 115 Å². The number of benzene rings is 1. The third kappa shape index (κ3) is 3.45. The molecule has 0 radical (unpaired) electrons. The van der Waals surface area contributed by atoms with E-state index in [0.717, 1.165) is 38.5 Å². The standard InChI is InChI=1S/C15H23FN2O/c1-12-4-5-14(10-15(12)16)18-7-6-17(8-9-19-3)13(2)11-18/h4-5,10,13H,6-9,11H2,1-3H3. The van der Waals surface area contributed by atoms with Gasteiger partial charge in [0.1, 0.15) is 5.82 Å². The molecule has 3 nitrogen and oxygen atoms in total. The largest absolute Gasteiger partial charge is 0.383 e. The molecule has 1 unspecified atom stereocenters. The zero-order valence-electron chi connectivity index (χ0n) is 12.0. The lowest BCUT2D eigenvalue weighted by Gasteiger charge is -2.41. The highest BCUT2D eigenvalue weighted by molar-refractivity contribution is 5.48. The van der Waals surface area contributed by atoms with Crippen molar-refractivity contribution in [1.82, 2.24) is 4.90 Å². The summed E-state index contributed by atoms with van der Waals surface area (Å²) in [5.41, 5.74) is 1.69. The van der Waals surface area contributed by atoms with Crippen LogP contribution in [-0.4, -0.2) is 50.8 Å². The molecule has 0 aromatic heterocycles. The van der Waals surface area contributed by atoms with E-state index in [-0.39, 0.29) is 5.82 Å². The Morgan fingerprint density at radius 1 is 1.37 bits per heavy atom. The molecule has 2 rings (SSSR count). The third-order valence-corrected chi connectivity index (χ3v) is 3.87. The number of piperazine rings is 1. The second kappa shape index (κ2) is 6.35. The smallest absolute Gasteiger partial charge is 0.128 e. The first-order valence-electron chi connectivity index (χ1n) is 6.86. The Morgan fingerprint density at radius 2 is 2.16 bits per heavy atom. The van der Waals surface area contributed by atoms with Crippen molar-refractivity contribution in [3.63, 3.8) is 0 Å². The quantitative estimate of drug-likeness (QED) is 0.831. The lowest BCUT2D eigenvalue weighted by molar-refractivity contribution is 0.117. The maximum Gasteiger partial charge on any atom is 0.128 e. The van der Waals surface area contributed by atoms with Crippen LogP contribution in [0.3, 0.4) is 0 Å². The van der Waals surface area contributed by atoms with Crippen molar-refractivity contribution in [3.05, 3.63) is 29.6 Å². The van der Waals surface area contributed by atoms with E-state index in [1.54, 1.807) is 20.1 Å². The molecule has 0 bridgehead atoms. The summed E-state index contributed by atoms with van der Waals surface area (Å²) in [4.78, 5) is 4.68. The molecule has 1 aromatic carbocycles. The van der Waals surface area contributed by atoms with Gasteiger partial charge in [0.2, 0.25) is 0 Å². The summed E-state index contributed by atoms with van der Waals surface area (Å²) in [5, 5.41) is 0. The molecule has 19 heavy (non-hydrogen) atoms. The van der Waals surface area contributed by atoms with Gasteiger partial charge in [0.25, 0.3) is 0 Å². The van der Waals surface area contributed by atoms with Crippen molar-refractivity contribution in [2.24, 2.45) is 0 Å². The van der Waals surface area contributed by atoms with E-state index in [2.05, 4.69) is 16.7 Å². The molecule has 0 amide bonds. The molecule has 0 spiro atoms. The molecular weight excluding hydrogens is 243 g/mol. The Morgan fingerprint density at radius 3 is 2.79 bits per heavy atom. The number of hydrogen-bond donors (Lipinski definition) is 0. The summed E-state index contributed by atoms with van der Waals surface area (Å²) >= 11 is 0. The van der Waals surface area contributed by atoms with Gasteiger partial charge in [0.05, 0.1) is 6.61 Å². The van der Waals surface area contributed by atoms with Crippen LogP contribution in [0.5, 0.6) is 0 Å². The molecule has 0 N–H and O–H groups in total. The Balaban J connectivity index is 1.99. The molecule has 4 heteroatoms. The van der Waals surface area contributed by atoms with Crippen LogP contribution in [0.1, 0.15) is 12.5 Å². The van der Waals surface area contributed by atoms with Crippen LogP contribution in [-0.2, 0) is 4.74 Å². The molecule has 1 heterocycles. The molecule has 1 saturated heterocycles. The van der Waals surface area contributed by atoms with Gasteiger partial charge in [-0.2, -0.15) is 0 Å². The molecular formula is C15H23FN2O. The number of methoxy groups -OCH3 is 1. The number of anilines is 1. The highest BCUT2D eigenvalue weighted by Crippen LogP contribution is 2.21. The van der Waals surface area contributed by atoms with Crippen LogP contribution in [0, 0.1) is 12.7 Å². The molecule has 1 aliphatic heterocycles. The van der Waals surface area contributed by atoms with Crippen LogP contribution < -0.4 is 4.90 Å². The second-order valence-electron chi connectivity index (χ2n) is 5.26. The maximum absolute atomic E-state index is 13.6. The van der Waals surface area contributed by atoms with Gasteiger partial charge >= 0.3 is 0 Å². The maximum atomic E-state index is 13.6. The second-order valence-corrected chi connectivity index (χ2v) is 5.26. The van der Waals surface area contributed by atoms with Gasteiger partial charge in [-0.1, -0.05) is 6.07 Å². The first kappa shape index (κ1) is 14.3. The van der Waals surface area contributed by atoms with Gasteiger partial charge in [0, 0.05) is 45.0 Å². The number of halogens is 1. The first-order chi connectivity index (χ1) is 9.11. The number of nitrogens with zero attached hydrogens (tertiary/aromatic N) is 2. The summed E-state index contributed by atoms with van der Waals surface area (Å²) in [6, 6.07) is 5.98. The average molecular weight is 266 g/mol. The minimum atomic E-state index is -0.119. The van der Waals surface area contributed by atoms with E-state index < -0.39 is 0 Å². The van der Waals surface area contributed by atoms with E-state index in [4.69, 9.17) is 4.74 Å². The van der Waals surface area contributed by atoms with E-state index in [0.29, 0.717) is 11.6 Å². The first-order valence-corrected chi connectivity index (χ1v) is 6.86. The van der Waals surface area contributed by atoms with Gasteiger partial charge in [-0.05, 0) is 31.5 Å². The van der Waals surface area contributed by atoms with Crippen LogP contribution >= 0.6 is 0 Å². The highest BCUT2D eigenvalue weighted by atomic mass is 19.1. The lowest BCUT2D eigenvalue weighted by atomic mass is 10.1. The van der Waals surface area contributed by atoms with Crippen molar-refractivity contribution in [2.75, 3.05) is 44.8 Å². The van der Waals surface area contributed by atoms with Crippen molar-refractivity contribution in [3.8, 4) is 0 Å². The van der Waals surface area contributed by atoms with E-state index >= 15 is 0 Å². The van der Waals surface area contributed by atoms with E-state index in [9.17, 15) is 4.39 Å². The van der Waals surface area contributed by atoms with Gasteiger partial charge in [0.15, 0.2) is 0 Å². The number of ether oxygens (including phenoxy) is 1. The van der Waals surface area contributed by atoms with Gasteiger partial charge < -0.3 is 9.64 Å². The zero-order valence-corrected chi connectivity index (χ0v) is 12.0. The monoisotopic (exact) mass is 266 g/mol. The zero-order chi connectivity index (χ0) is 13.8. The third-order valence-electron chi connectivity index (χ3n) is 3.87. The molecule has 0 saturated carbocycles. The fourth-order valence-corrected chi connectivity index (χ4v) is 2.55. The average Bonchev–Trinajstić information content (AvgIpc) is 2.40.